The minimum absolute atomic E-state index is 0.0124. The number of carbonyl (C=O) groups excluding carboxylic acids is 2. The number of primary amides is 1. The van der Waals surface area contributed by atoms with Crippen LogP contribution in [0.25, 0.3) is 0 Å². The minimum Gasteiger partial charge on any atom is -0.366 e. The summed E-state index contributed by atoms with van der Waals surface area (Å²) in [5.74, 6) is -0.994. The lowest BCUT2D eigenvalue weighted by molar-refractivity contribution is 0.0997. The zero-order chi connectivity index (χ0) is 21.3. The highest BCUT2D eigenvalue weighted by Gasteiger charge is 2.23. The molecule has 0 saturated carbocycles. The van der Waals surface area contributed by atoms with Crippen molar-refractivity contribution < 1.29 is 18.0 Å². The zero-order valence-electron chi connectivity index (χ0n) is 16.6. The molecule has 0 aliphatic rings. The molecule has 7 nitrogen and oxygen atoms in total. The van der Waals surface area contributed by atoms with Gasteiger partial charge in [0, 0.05) is 22.4 Å². The van der Waals surface area contributed by atoms with Crippen LogP contribution in [0.2, 0.25) is 0 Å². The topological polar surface area (TPSA) is 118 Å². The maximum atomic E-state index is 12.7. The van der Waals surface area contributed by atoms with Gasteiger partial charge in [-0.3, -0.25) is 9.59 Å². The van der Waals surface area contributed by atoms with Crippen molar-refractivity contribution in [3.8, 4) is 0 Å². The van der Waals surface area contributed by atoms with Gasteiger partial charge in [0.2, 0.25) is 15.9 Å². The fourth-order valence-corrected chi connectivity index (χ4v) is 4.14. The monoisotopic (exact) mass is 403 g/mol. The normalized spacial score (nSPS) is 11.9. The Morgan fingerprint density at radius 1 is 0.929 bits per heavy atom. The highest BCUT2D eigenvalue weighted by atomic mass is 32.2. The molecule has 150 valence electrons. The molecule has 0 spiro atoms. The van der Waals surface area contributed by atoms with Gasteiger partial charge in [-0.2, -0.15) is 0 Å². The lowest BCUT2D eigenvalue weighted by Crippen LogP contribution is -2.40. The second-order valence-corrected chi connectivity index (χ2v) is 9.36. The Bertz CT molecular complexity index is 1040. The number of sulfonamides is 1. The molecule has 0 aliphatic carbocycles. The molecular weight excluding hydrogens is 378 g/mol. The van der Waals surface area contributed by atoms with Crippen LogP contribution in [0.15, 0.2) is 41.3 Å². The first-order valence-corrected chi connectivity index (χ1v) is 10.1. The quantitative estimate of drug-likeness (QED) is 0.711. The number of hydrogen-bond acceptors (Lipinski definition) is 4. The number of rotatable bonds is 5. The summed E-state index contributed by atoms with van der Waals surface area (Å²) in [5, 5.41) is 2.73. The van der Waals surface area contributed by atoms with Crippen molar-refractivity contribution in [2.75, 3.05) is 5.32 Å². The number of carbonyl (C=O) groups is 2. The van der Waals surface area contributed by atoms with E-state index in [-0.39, 0.29) is 10.5 Å². The third-order valence-electron chi connectivity index (χ3n) is 3.95. The lowest BCUT2D eigenvalue weighted by atomic mass is 10.1. The first-order chi connectivity index (χ1) is 12.8. The van der Waals surface area contributed by atoms with E-state index in [9.17, 15) is 18.0 Å². The van der Waals surface area contributed by atoms with Gasteiger partial charge < -0.3 is 11.1 Å². The summed E-state index contributed by atoms with van der Waals surface area (Å²) in [7, 11) is -3.77. The molecule has 0 bridgehead atoms. The summed E-state index contributed by atoms with van der Waals surface area (Å²) in [5.41, 5.74) is 7.01. The fraction of sp³-hybridized carbons (Fsp3) is 0.300. The Labute approximate surface area is 165 Å². The molecule has 8 heteroatoms. The summed E-state index contributed by atoms with van der Waals surface area (Å²) in [6.45, 7) is 8.66. The van der Waals surface area contributed by atoms with Crippen molar-refractivity contribution in [3.05, 3.63) is 58.7 Å². The highest BCUT2D eigenvalue weighted by Crippen LogP contribution is 2.20. The van der Waals surface area contributed by atoms with Crippen molar-refractivity contribution in [1.29, 1.82) is 0 Å². The summed E-state index contributed by atoms with van der Waals surface area (Å²) in [4.78, 5) is 24.0. The maximum Gasteiger partial charge on any atom is 0.255 e. The van der Waals surface area contributed by atoms with Gasteiger partial charge >= 0.3 is 0 Å². The molecule has 28 heavy (non-hydrogen) atoms. The van der Waals surface area contributed by atoms with E-state index in [4.69, 9.17) is 5.73 Å². The number of anilines is 1. The molecular formula is C20H25N3O4S. The largest absolute Gasteiger partial charge is 0.366 e. The summed E-state index contributed by atoms with van der Waals surface area (Å²) in [6, 6.07) is 9.15. The van der Waals surface area contributed by atoms with Crippen LogP contribution < -0.4 is 15.8 Å². The first kappa shape index (κ1) is 21.6. The SMILES string of the molecule is Cc1cc(NC(=O)c2cc(S(=O)(=O)NC(C)(C)C)ccc2C)ccc1C(N)=O. The molecule has 2 amide bonds. The third-order valence-corrected chi connectivity index (χ3v) is 5.71. The third kappa shape index (κ3) is 5.17. The predicted octanol–water partition coefficient (Wildman–Crippen LogP) is 2.73. The average molecular weight is 404 g/mol. The Kier molecular flexibility index (Phi) is 5.96. The van der Waals surface area contributed by atoms with Gasteiger partial charge in [0.05, 0.1) is 4.90 Å². The zero-order valence-corrected chi connectivity index (χ0v) is 17.4. The van der Waals surface area contributed by atoms with Gasteiger partial charge in [-0.25, -0.2) is 13.1 Å². The molecule has 0 unspecified atom stereocenters. The standard InChI is InChI=1S/C20H25N3O4S/c1-12-6-8-15(28(26,27)23-20(3,4)5)11-17(12)19(25)22-14-7-9-16(18(21)24)13(2)10-14/h6-11,23H,1-5H3,(H2,21,24)(H,22,25). The molecule has 0 radical (unpaired) electrons. The molecule has 0 aromatic heterocycles. The van der Waals surface area contributed by atoms with Crippen LogP contribution in [0, 0.1) is 13.8 Å². The van der Waals surface area contributed by atoms with E-state index in [2.05, 4.69) is 10.0 Å². The van der Waals surface area contributed by atoms with Crippen molar-refractivity contribution in [2.45, 2.75) is 45.1 Å². The fourth-order valence-electron chi connectivity index (χ4n) is 2.69. The minimum atomic E-state index is -3.77. The van der Waals surface area contributed by atoms with Gasteiger partial charge in [0.15, 0.2) is 0 Å². The Hall–Kier alpha value is -2.71. The van der Waals surface area contributed by atoms with E-state index in [0.29, 0.717) is 22.4 Å². The summed E-state index contributed by atoms with van der Waals surface area (Å²) >= 11 is 0. The van der Waals surface area contributed by atoms with Gasteiger partial charge in [-0.1, -0.05) is 6.07 Å². The Morgan fingerprint density at radius 2 is 1.57 bits per heavy atom. The average Bonchev–Trinajstić information content (AvgIpc) is 2.52. The lowest BCUT2D eigenvalue weighted by Gasteiger charge is -2.20. The molecule has 2 aromatic carbocycles. The van der Waals surface area contributed by atoms with Crippen LogP contribution in [0.3, 0.4) is 0 Å². The smallest absolute Gasteiger partial charge is 0.255 e. The molecule has 0 heterocycles. The predicted molar refractivity (Wildman–Crippen MR) is 109 cm³/mol. The first-order valence-electron chi connectivity index (χ1n) is 8.66. The van der Waals surface area contributed by atoms with Gasteiger partial charge in [-0.05, 0) is 76.1 Å². The van der Waals surface area contributed by atoms with Crippen LogP contribution in [-0.2, 0) is 10.0 Å². The van der Waals surface area contributed by atoms with Crippen molar-refractivity contribution in [2.24, 2.45) is 5.73 Å². The molecule has 0 fully saturated rings. The molecule has 4 N–H and O–H groups in total. The maximum absolute atomic E-state index is 12.7. The van der Waals surface area contributed by atoms with Crippen LogP contribution >= 0.6 is 0 Å². The van der Waals surface area contributed by atoms with Crippen molar-refractivity contribution >= 4 is 27.5 Å². The van der Waals surface area contributed by atoms with E-state index in [1.165, 1.54) is 18.2 Å². The van der Waals surface area contributed by atoms with Crippen LogP contribution in [0.5, 0.6) is 0 Å². The van der Waals surface area contributed by atoms with Crippen molar-refractivity contribution in [1.82, 2.24) is 4.72 Å². The van der Waals surface area contributed by atoms with E-state index in [0.717, 1.165) is 0 Å². The van der Waals surface area contributed by atoms with Gasteiger partial charge in [-0.15, -0.1) is 0 Å². The number of nitrogens with one attached hydrogen (secondary N) is 2. The molecule has 2 aromatic rings. The number of hydrogen-bond donors (Lipinski definition) is 3. The van der Waals surface area contributed by atoms with Crippen LogP contribution in [0.1, 0.15) is 52.6 Å². The number of benzene rings is 2. The Balaban J connectivity index is 2.34. The second kappa shape index (κ2) is 7.73. The Morgan fingerprint density at radius 3 is 2.11 bits per heavy atom. The van der Waals surface area contributed by atoms with Crippen LogP contribution in [-0.4, -0.2) is 25.8 Å². The van der Waals surface area contributed by atoms with Crippen LogP contribution in [0.4, 0.5) is 5.69 Å². The van der Waals surface area contributed by atoms with E-state index >= 15 is 0 Å². The highest BCUT2D eigenvalue weighted by molar-refractivity contribution is 7.89. The summed E-state index contributed by atoms with van der Waals surface area (Å²) < 4.78 is 27.7. The number of amides is 2. The van der Waals surface area contributed by atoms with E-state index in [1.807, 2.05) is 0 Å². The molecule has 0 saturated heterocycles. The van der Waals surface area contributed by atoms with E-state index in [1.54, 1.807) is 52.8 Å². The van der Waals surface area contributed by atoms with Gasteiger partial charge in [0.25, 0.3) is 5.91 Å². The molecule has 2 rings (SSSR count). The van der Waals surface area contributed by atoms with E-state index < -0.39 is 27.4 Å². The summed E-state index contributed by atoms with van der Waals surface area (Å²) in [6.07, 6.45) is 0. The molecule has 0 atom stereocenters. The van der Waals surface area contributed by atoms with Gasteiger partial charge in [0.1, 0.15) is 0 Å². The number of nitrogens with two attached hydrogens (primary N) is 1. The molecule has 0 aliphatic heterocycles. The second-order valence-electron chi connectivity index (χ2n) is 7.68. The van der Waals surface area contributed by atoms with Crippen molar-refractivity contribution in [3.63, 3.8) is 0 Å². The number of aryl methyl sites for hydroxylation is 2.